The topological polar surface area (TPSA) is 63.1 Å². The number of aromatic nitrogens is 4. The summed E-state index contributed by atoms with van der Waals surface area (Å²) in [7, 11) is 0. The molecule has 1 aliphatic rings. The van der Waals surface area contributed by atoms with Gasteiger partial charge in [-0.2, -0.15) is 11.3 Å². The highest BCUT2D eigenvalue weighted by Gasteiger charge is 2.27. The van der Waals surface area contributed by atoms with Crippen LogP contribution in [0.15, 0.2) is 21.6 Å². The molecule has 0 aromatic carbocycles. The molecule has 0 atom stereocenters. The second-order valence-corrected chi connectivity index (χ2v) is 6.25. The highest BCUT2D eigenvalue weighted by molar-refractivity contribution is 7.08. The molecular weight excluding hydrogens is 284 g/mol. The smallest absolute Gasteiger partial charge is 0.277 e. The molecule has 0 spiro atoms. The third kappa shape index (κ3) is 1.93. The lowest BCUT2D eigenvalue weighted by molar-refractivity contribution is 0.395. The van der Waals surface area contributed by atoms with Crippen molar-refractivity contribution >= 4 is 16.9 Å². The summed E-state index contributed by atoms with van der Waals surface area (Å²) in [6.45, 7) is 2.03. The van der Waals surface area contributed by atoms with E-state index >= 15 is 0 Å². The fraction of sp³-hybridized carbons (Fsp3) is 0.400. The summed E-state index contributed by atoms with van der Waals surface area (Å²) in [5.74, 6) is 2.02. The first-order chi connectivity index (χ1) is 10.3. The number of thiophene rings is 1. The van der Waals surface area contributed by atoms with E-state index in [0.29, 0.717) is 17.3 Å². The standard InChI is InChI=1S/C15H16N4OS/c1-2-11-12-15(20)17-13(10-6-7-21-8-10)18-19(12)14(16-11)9-4-3-5-9/h6-9H,2-5H2,1H3,(H,17,18,20). The Bertz CT molecular complexity index is 843. The van der Waals surface area contributed by atoms with E-state index in [1.54, 1.807) is 15.9 Å². The largest absolute Gasteiger partial charge is 0.303 e. The first kappa shape index (κ1) is 12.8. The van der Waals surface area contributed by atoms with Crippen molar-refractivity contribution in [3.8, 4) is 11.4 Å². The number of H-pyrrole nitrogens is 1. The van der Waals surface area contributed by atoms with Gasteiger partial charge >= 0.3 is 0 Å². The van der Waals surface area contributed by atoms with Crippen molar-refractivity contribution in [3.05, 3.63) is 38.7 Å². The Balaban J connectivity index is 1.99. The highest BCUT2D eigenvalue weighted by Crippen LogP contribution is 2.36. The zero-order valence-corrected chi connectivity index (χ0v) is 12.6. The first-order valence-electron chi connectivity index (χ1n) is 7.32. The van der Waals surface area contributed by atoms with Crippen LogP contribution < -0.4 is 5.56 Å². The molecule has 3 heterocycles. The number of hydrogen-bond acceptors (Lipinski definition) is 4. The highest BCUT2D eigenvalue weighted by atomic mass is 32.1. The van der Waals surface area contributed by atoms with E-state index < -0.39 is 0 Å². The maximum atomic E-state index is 12.5. The van der Waals surface area contributed by atoms with Gasteiger partial charge in [-0.15, -0.1) is 5.10 Å². The SMILES string of the molecule is CCc1nc(C2CCC2)n2nc(-c3ccsc3)[nH]c(=O)c12. The van der Waals surface area contributed by atoms with Crippen LogP contribution in [0.5, 0.6) is 0 Å². The monoisotopic (exact) mass is 300 g/mol. The number of nitrogens with one attached hydrogen (secondary N) is 1. The summed E-state index contributed by atoms with van der Waals surface area (Å²) in [5.41, 5.74) is 2.31. The number of aromatic amines is 1. The van der Waals surface area contributed by atoms with Gasteiger partial charge in [0.1, 0.15) is 5.82 Å². The van der Waals surface area contributed by atoms with E-state index in [9.17, 15) is 4.79 Å². The summed E-state index contributed by atoms with van der Waals surface area (Å²) in [5, 5.41) is 8.63. The Labute approximate surface area is 125 Å². The Morgan fingerprint density at radius 1 is 1.48 bits per heavy atom. The van der Waals surface area contributed by atoms with Gasteiger partial charge in [0.2, 0.25) is 0 Å². The normalized spacial score (nSPS) is 15.5. The van der Waals surface area contributed by atoms with Crippen molar-refractivity contribution in [1.82, 2.24) is 19.6 Å². The van der Waals surface area contributed by atoms with E-state index in [0.717, 1.165) is 36.3 Å². The van der Waals surface area contributed by atoms with Gasteiger partial charge in [0.25, 0.3) is 5.56 Å². The molecule has 1 saturated carbocycles. The second kappa shape index (κ2) is 4.80. The summed E-state index contributed by atoms with van der Waals surface area (Å²) >= 11 is 1.59. The molecule has 0 saturated heterocycles. The Morgan fingerprint density at radius 2 is 2.33 bits per heavy atom. The van der Waals surface area contributed by atoms with Gasteiger partial charge in [-0.05, 0) is 30.7 Å². The maximum absolute atomic E-state index is 12.5. The first-order valence-corrected chi connectivity index (χ1v) is 8.26. The van der Waals surface area contributed by atoms with E-state index in [-0.39, 0.29) is 5.56 Å². The number of nitrogens with zero attached hydrogens (tertiary/aromatic N) is 3. The van der Waals surface area contributed by atoms with Gasteiger partial charge in [0.05, 0.1) is 5.69 Å². The lowest BCUT2D eigenvalue weighted by Crippen LogP contribution is -2.18. The van der Waals surface area contributed by atoms with Crippen molar-refractivity contribution in [2.45, 2.75) is 38.5 Å². The molecule has 6 heteroatoms. The minimum atomic E-state index is -0.0962. The molecule has 1 N–H and O–H groups in total. The summed E-state index contributed by atoms with van der Waals surface area (Å²) < 4.78 is 1.79. The predicted molar refractivity (Wildman–Crippen MR) is 82.9 cm³/mol. The molecule has 0 aliphatic heterocycles. The molecule has 5 nitrogen and oxygen atoms in total. The van der Waals surface area contributed by atoms with Crippen LogP contribution in [0.2, 0.25) is 0 Å². The number of hydrogen-bond donors (Lipinski definition) is 1. The van der Waals surface area contributed by atoms with E-state index in [1.807, 2.05) is 23.8 Å². The zero-order valence-electron chi connectivity index (χ0n) is 11.8. The van der Waals surface area contributed by atoms with Gasteiger partial charge in [-0.25, -0.2) is 9.50 Å². The van der Waals surface area contributed by atoms with Gasteiger partial charge < -0.3 is 4.98 Å². The van der Waals surface area contributed by atoms with Crippen LogP contribution in [-0.2, 0) is 6.42 Å². The van der Waals surface area contributed by atoms with Gasteiger partial charge in [-0.3, -0.25) is 4.79 Å². The molecule has 3 aromatic heterocycles. The zero-order chi connectivity index (χ0) is 14.4. The number of rotatable bonds is 3. The predicted octanol–water partition coefficient (Wildman–Crippen LogP) is 2.98. The lowest BCUT2D eigenvalue weighted by atomic mass is 9.85. The second-order valence-electron chi connectivity index (χ2n) is 5.47. The lowest BCUT2D eigenvalue weighted by Gasteiger charge is -2.23. The summed E-state index contributed by atoms with van der Waals surface area (Å²) in [6, 6.07) is 1.97. The van der Waals surface area contributed by atoms with Crippen molar-refractivity contribution in [3.63, 3.8) is 0 Å². The molecule has 3 aromatic rings. The third-order valence-electron chi connectivity index (χ3n) is 4.20. The van der Waals surface area contributed by atoms with E-state index in [2.05, 4.69) is 10.1 Å². The molecule has 0 radical (unpaired) electrons. The molecule has 4 rings (SSSR count). The number of fused-ring (bicyclic) bond motifs is 1. The van der Waals surface area contributed by atoms with Gasteiger partial charge in [0, 0.05) is 16.9 Å². The molecule has 0 amide bonds. The van der Waals surface area contributed by atoms with E-state index in [1.165, 1.54) is 6.42 Å². The van der Waals surface area contributed by atoms with Gasteiger partial charge in [0.15, 0.2) is 11.3 Å². The molecular formula is C15H16N4OS. The Morgan fingerprint density at radius 3 is 2.95 bits per heavy atom. The number of aryl methyl sites for hydroxylation is 1. The van der Waals surface area contributed by atoms with Crippen LogP contribution in [0.1, 0.15) is 43.6 Å². The van der Waals surface area contributed by atoms with Gasteiger partial charge in [-0.1, -0.05) is 13.3 Å². The van der Waals surface area contributed by atoms with Crippen molar-refractivity contribution in [2.24, 2.45) is 0 Å². The van der Waals surface area contributed by atoms with E-state index in [4.69, 9.17) is 4.98 Å². The Kier molecular flexibility index (Phi) is 2.92. The molecule has 21 heavy (non-hydrogen) atoms. The molecule has 0 unspecified atom stereocenters. The van der Waals surface area contributed by atoms with Crippen LogP contribution in [0.4, 0.5) is 0 Å². The minimum Gasteiger partial charge on any atom is -0.303 e. The summed E-state index contributed by atoms with van der Waals surface area (Å²) in [4.78, 5) is 20.1. The fourth-order valence-electron chi connectivity index (χ4n) is 2.80. The maximum Gasteiger partial charge on any atom is 0.277 e. The molecule has 1 fully saturated rings. The van der Waals surface area contributed by atoms with Crippen molar-refractivity contribution in [2.75, 3.05) is 0 Å². The minimum absolute atomic E-state index is 0.0962. The van der Waals surface area contributed by atoms with Crippen LogP contribution in [0.25, 0.3) is 16.9 Å². The van der Waals surface area contributed by atoms with Crippen LogP contribution in [0, 0.1) is 0 Å². The molecule has 0 bridgehead atoms. The number of imidazole rings is 1. The summed E-state index contributed by atoms with van der Waals surface area (Å²) in [6.07, 6.45) is 4.27. The van der Waals surface area contributed by atoms with Crippen LogP contribution in [0.3, 0.4) is 0 Å². The molecule has 1 aliphatic carbocycles. The molecule has 108 valence electrons. The fourth-order valence-corrected chi connectivity index (χ4v) is 3.44. The Hall–Kier alpha value is -1.95. The quantitative estimate of drug-likeness (QED) is 0.809. The van der Waals surface area contributed by atoms with Crippen molar-refractivity contribution in [1.29, 1.82) is 0 Å². The third-order valence-corrected chi connectivity index (χ3v) is 4.88. The van der Waals surface area contributed by atoms with Crippen molar-refractivity contribution < 1.29 is 0 Å². The average Bonchev–Trinajstić information content (AvgIpc) is 3.05. The van der Waals surface area contributed by atoms with Crippen LogP contribution >= 0.6 is 11.3 Å². The van der Waals surface area contributed by atoms with Crippen LogP contribution in [-0.4, -0.2) is 19.6 Å². The average molecular weight is 300 g/mol.